The van der Waals surface area contributed by atoms with E-state index in [0.717, 1.165) is 22.5 Å². The first-order chi connectivity index (χ1) is 17.4. The Balaban J connectivity index is 1.86. The van der Waals surface area contributed by atoms with Gasteiger partial charge in [0.25, 0.3) is 0 Å². The highest BCUT2D eigenvalue weighted by atomic mass is 19.2. The predicted octanol–water partition coefficient (Wildman–Crippen LogP) is 6.49. The van der Waals surface area contributed by atoms with Gasteiger partial charge in [-0.2, -0.15) is 0 Å². The van der Waals surface area contributed by atoms with Crippen molar-refractivity contribution in [2.75, 3.05) is 27.3 Å². The first-order valence-corrected chi connectivity index (χ1v) is 11.7. The number of hydrogen-bond acceptors (Lipinski definition) is 4. The number of benzene rings is 3. The van der Waals surface area contributed by atoms with Crippen molar-refractivity contribution in [2.24, 2.45) is 0 Å². The van der Waals surface area contributed by atoms with Gasteiger partial charge in [-0.05, 0) is 55.8 Å². The summed E-state index contributed by atoms with van der Waals surface area (Å²) in [7, 11) is 3.11. The van der Waals surface area contributed by atoms with E-state index < -0.39 is 17.7 Å². The molecule has 1 aromatic heterocycles. The molecule has 4 aromatic rings. The fourth-order valence-corrected chi connectivity index (χ4v) is 4.26. The SMILES string of the molecule is CCN(CC)C(=O)Oc1ccc2c(ccn2Cc2cccc(F)c2F)c1-c1ccc(OC)c(OC)c1. The van der Waals surface area contributed by atoms with E-state index in [1.165, 1.54) is 6.07 Å². The Labute approximate surface area is 208 Å². The zero-order chi connectivity index (χ0) is 25.8. The number of carbonyl (C=O) groups excluding carboxylic acids is 1. The lowest BCUT2D eigenvalue weighted by molar-refractivity contribution is 0.157. The van der Waals surface area contributed by atoms with Gasteiger partial charge >= 0.3 is 6.09 Å². The number of aromatic nitrogens is 1. The molecular formula is C28H28F2N2O4. The number of carbonyl (C=O) groups is 1. The number of fused-ring (bicyclic) bond motifs is 1. The van der Waals surface area contributed by atoms with Gasteiger partial charge in [0, 0.05) is 41.3 Å². The van der Waals surface area contributed by atoms with Crippen LogP contribution in [0.15, 0.2) is 60.8 Å². The quantitative estimate of drug-likeness (QED) is 0.281. The van der Waals surface area contributed by atoms with E-state index in [0.29, 0.717) is 35.9 Å². The van der Waals surface area contributed by atoms with Crippen molar-refractivity contribution in [3.8, 4) is 28.4 Å². The predicted molar refractivity (Wildman–Crippen MR) is 135 cm³/mol. The van der Waals surface area contributed by atoms with Gasteiger partial charge in [-0.15, -0.1) is 0 Å². The largest absolute Gasteiger partial charge is 0.493 e. The molecule has 0 N–H and O–H groups in total. The maximum atomic E-state index is 14.4. The number of ether oxygens (including phenoxy) is 3. The van der Waals surface area contributed by atoms with Crippen molar-refractivity contribution in [3.05, 3.63) is 78.0 Å². The third-order valence-corrected chi connectivity index (χ3v) is 6.18. The topological polar surface area (TPSA) is 52.9 Å². The molecule has 36 heavy (non-hydrogen) atoms. The van der Waals surface area contributed by atoms with Gasteiger partial charge in [-0.1, -0.05) is 18.2 Å². The number of hydrogen-bond donors (Lipinski definition) is 0. The Bertz CT molecular complexity index is 1400. The van der Waals surface area contributed by atoms with Gasteiger partial charge in [0.05, 0.1) is 20.8 Å². The first-order valence-electron chi connectivity index (χ1n) is 11.7. The Hall–Kier alpha value is -4.07. The minimum Gasteiger partial charge on any atom is -0.493 e. The smallest absolute Gasteiger partial charge is 0.415 e. The second-order valence-corrected chi connectivity index (χ2v) is 8.14. The summed E-state index contributed by atoms with van der Waals surface area (Å²) in [6.07, 6.45) is 1.34. The zero-order valence-corrected chi connectivity index (χ0v) is 20.7. The maximum Gasteiger partial charge on any atom is 0.415 e. The van der Waals surface area contributed by atoms with Crippen LogP contribution in [0, 0.1) is 11.6 Å². The lowest BCUT2D eigenvalue weighted by atomic mass is 10.00. The van der Waals surface area contributed by atoms with Gasteiger partial charge in [0.2, 0.25) is 0 Å². The van der Waals surface area contributed by atoms with Crippen LogP contribution in [0.4, 0.5) is 13.6 Å². The lowest BCUT2D eigenvalue weighted by Crippen LogP contribution is -2.33. The zero-order valence-electron chi connectivity index (χ0n) is 20.7. The van der Waals surface area contributed by atoms with E-state index in [9.17, 15) is 13.6 Å². The minimum atomic E-state index is -0.888. The monoisotopic (exact) mass is 494 g/mol. The van der Waals surface area contributed by atoms with Crippen molar-refractivity contribution >= 4 is 17.0 Å². The van der Waals surface area contributed by atoms with E-state index in [1.807, 2.05) is 42.7 Å². The van der Waals surface area contributed by atoms with Crippen LogP contribution in [0.25, 0.3) is 22.0 Å². The average molecular weight is 495 g/mol. The van der Waals surface area contributed by atoms with E-state index in [1.54, 1.807) is 43.5 Å². The van der Waals surface area contributed by atoms with Crippen LogP contribution < -0.4 is 14.2 Å². The Kier molecular flexibility index (Phi) is 7.43. The number of methoxy groups -OCH3 is 2. The molecule has 0 atom stereocenters. The lowest BCUT2D eigenvalue weighted by Gasteiger charge is -2.20. The molecule has 0 saturated carbocycles. The average Bonchev–Trinajstić information content (AvgIpc) is 3.29. The summed E-state index contributed by atoms with van der Waals surface area (Å²) in [6.45, 7) is 4.93. The molecule has 1 heterocycles. The van der Waals surface area contributed by atoms with Gasteiger partial charge in [0.1, 0.15) is 5.75 Å². The van der Waals surface area contributed by atoms with Gasteiger partial charge in [0.15, 0.2) is 23.1 Å². The Morgan fingerprint density at radius 2 is 1.64 bits per heavy atom. The molecule has 6 nitrogen and oxygen atoms in total. The summed E-state index contributed by atoms with van der Waals surface area (Å²) < 4.78 is 46.7. The second-order valence-electron chi connectivity index (χ2n) is 8.14. The molecular weight excluding hydrogens is 466 g/mol. The van der Waals surface area contributed by atoms with Crippen LogP contribution in [-0.4, -0.2) is 42.9 Å². The van der Waals surface area contributed by atoms with Crippen LogP contribution in [0.2, 0.25) is 0 Å². The van der Waals surface area contributed by atoms with Crippen molar-refractivity contribution in [1.82, 2.24) is 9.47 Å². The summed E-state index contributed by atoms with van der Waals surface area (Å²) in [5.74, 6) is -0.297. The molecule has 0 unspecified atom stereocenters. The molecule has 188 valence electrons. The number of rotatable bonds is 8. The minimum absolute atomic E-state index is 0.136. The summed E-state index contributed by atoms with van der Waals surface area (Å²) in [5, 5.41) is 0.781. The molecule has 0 aliphatic carbocycles. The summed E-state index contributed by atoms with van der Waals surface area (Å²) in [6, 6.07) is 15.0. The standard InChI is InChI=1S/C28H28F2N2O4/c1-5-31(6-2)28(33)36-24-13-11-22-20(26(24)18-10-12-23(34-3)25(16-18)35-4)14-15-32(22)17-19-8-7-9-21(29)27(19)30/h7-16H,5-6,17H2,1-4H3. The highest BCUT2D eigenvalue weighted by Gasteiger charge is 2.20. The molecule has 3 aromatic carbocycles. The number of amides is 1. The molecule has 8 heteroatoms. The van der Waals surface area contributed by atoms with Crippen molar-refractivity contribution in [2.45, 2.75) is 20.4 Å². The van der Waals surface area contributed by atoms with Crippen molar-refractivity contribution < 1.29 is 27.8 Å². The second kappa shape index (κ2) is 10.7. The highest BCUT2D eigenvalue weighted by molar-refractivity contribution is 6.00. The normalized spacial score (nSPS) is 10.9. The van der Waals surface area contributed by atoms with E-state index in [2.05, 4.69) is 0 Å². The van der Waals surface area contributed by atoms with Gasteiger partial charge in [-0.3, -0.25) is 0 Å². The van der Waals surface area contributed by atoms with Crippen LogP contribution in [0.5, 0.6) is 17.2 Å². The molecule has 0 saturated heterocycles. The fourth-order valence-electron chi connectivity index (χ4n) is 4.26. The highest BCUT2D eigenvalue weighted by Crippen LogP contribution is 2.41. The van der Waals surface area contributed by atoms with Crippen molar-refractivity contribution in [1.29, 1.82) is 0 Å². The summed E-state index contributed by atoms with van der Waals surface area (Å²) in [5.41, 5.74) is 2.42. The van der Waals surface area contributed by atoms with Crippen LogP contribution in [0.3, 0.4) is 0 Å². The van der Waals surface area contributed by atoms with Crippen LogP contribution in [0.1, 0.15) is 19.4 Å². The maximum absolute atomic E-state index is 14.4. The summed E-state index contributed by atoms with van der Waals surface area (Å²) in [4.78, 5) is 14.4. The van der Waals surface area contributed by atoms with E-state index in [-0.39, 0.29) is 12.1 Å². The first kappa shape index (κ1) is 25.0. The summed E-state index contributed by atoms with van der Waals surface area (Å²) >= 11 is 0. The molecule has 4 rings (SSSR count). The molecule has 0 aliphatic heterocycles. The third-order valence-electron chi connectivity index (χ3n) is 6.18. The molecule has 0 radical (unpaired) electrons. The Morgan fingerprint density at radius 3 is 2.33 bits per heavy atom. The third kappa shape index (κ3) is 4.71. The fraction of sp³-hybridized carbons (Fsp3) is 0.250. The Morgan fingerprint density at radius 1 is 0.917 bits per heavy atom. The van der Waals surface area contributed by atoms with Crippen LogP contribution >= 0.6 is 0 Å². The molecule has 0 fully saturated rings. The van der Waals surface area contributed by atoms with E-state index >= 15 is 0 Å². The van der Waals surface area contributed by atoms with E-state index in [4.69, 9.17) is 14.2 Å². The molecule has 0 aliphatic rings. The van der Waals surface area contributed by atoms with Gasteiger partial charge < -0.3 is 23.7 Å². The number of halogens is 2. The number of nitrogens with zero attached hydrogens (tertiary/aromatic N) is 2. The molecule has 0 bridgehead atoms. The van der Waals surface area contributed by atoms with Crippen LogP contribution in [-0.2, 0) is 6.54 Å². The van der Waals surface area contributed by atoms with Gasteiger partial charge in [-0.25, -0.2) is 13.6 Å². The van der Waals surface area contributed by atoms with Crippen molar-refractivity contribution in [3.63, 3.8) is 0 Å². The molecule has 1 amide bonds. The molecule has 0 spiro atoms.